The fourth-order valence-electron chi connectivity index (χ4n) is 3.45. The summed E-state index contributed by atoms with van der Waals surface area (Å²) in [7, 11) is 3.25. The van der Waals surface area contributed by atoms with Crippen molar-refractivity contribution in [2.75, 3.05) is 64.2 Å². The first-order valence-corrected chi connectivity index (χ1v) is 10.1. The number of rotatable bonds is 8. The van der Waals surface area contributed by atoms with Crippen molar-refractivity contribution in [2.45, 2.75) is 0 Å². The molecule has 2 heterocycles. The van der Waals surface area contributed by atoms with Crippen LogP contribution in [0.1, 0.15) is 0 Å². The molecular weight excluding hydrogens is 382 g/mol. The van der Waals surface area contributed by atoms with E-state index < -0.39 is 0 Å². The van der Waals surface area contributed by atoms with Crippen LogP contribution in [0, 0.1) is 0 Å². The van der Waals surface area contributed by atoms with Crippen LogP contribution >= 0.6 is 0 Å². The van der Waals surface area contributed by atoms with Gasteiger partial charge in [-0.15, -0.1) is 0 Å². The normalized spacial score (nSPS) is 14.5. The van der Waals surface area contributed by atoms with Gasteiger partial charge in [0.2, 0.25) is 5.95 Å². The van der Waals surface area contributed by atoms with Gasteiger partial charge in [-0.2, -0.15) is 4.98 Å². The maximum Gasteiger partial charge on any atom is 0.229 e. The Morgan fingerprint density at radius 2 is 1.73 bits per heavy atom. The van der Waals surface area contributed by atoms with Gasteiger partial charge in [-0.3, -0.25) is 4.90 Å². The Morgan fingerprint density at radius 1 is 1.00 bits per heavy atom. The molecule has 2 N–H and O–H groups in total. The van der Waals surface area contributed by atoms with Crippen LogP contribution in [-0.2, 0) is 4.74 Å². The van der Waals surface area contributed by atoms with Crippen molar-refractivity contribution in [2.24, 2.45) is 0 Å². The molecule has 1 aliphatic heterocycles. The third-order valence-electron chi connectivity index (χ3n) is 5.06. The molecule has 1 aromatic heterocycles. The molecule has 0 unspecified atom stereocenters. The summed E-state index contributed by atoms with van der Waals surface area (Å²) in [5.74, 6) is 2.56. The smallest absolute Gasteiger partial charge is 0.229 e. The van der Waals surface area contributed by atoms with Crippen LogP contribution in [0.25, 0.3) is 10.9 Å². The molecular formula is C22H27N5O3. The zero-order chi connectivity index (χ0) is 20.8. The van der Waals surface area contributed by atoms with E-state index in [0.29, 0.717) is 17.4 Å². The van der Waals surface area contributed by atoms with E-state index in [-0.39, 0.29) is 0 Å². The van der Waals surface area contributed by atoms with E-state index >= 15 is 0 Å². The summed E-state index contributed by atoms with van der Waals surface area (Å²) in [6.45, 7) is 5.18. The van der Waals surface area contributed by atoms with Gasteiger partial charge in [0, 0.05) is 43.3 Å². The lowest BCUT2D eigenvalue weighted by molar-refractivity contribution is 0.0398. The Kier molecular flexibility index (Phi) is 6.46. The molecule has 0 amide bonds. The lowest BCUT2D eigenvalue weighted by Gasteiger charge is -2.26. The van der Waals surface area contributed by atoms with E-state index in [1.54, 1.807) is 14.2 Å². The highest BCUT2D eigenvalue weighted by Gasteiger charge is 2.15. The zero-order valence-corrected chi connectivity index (χ0v) is 17.4. The van der Waals surface area contributed by atoms with E-state index in [1.165, 1.54) is 0 Å². The summed E-state index contributed by atoms with van der Waals surface area (Å²) < 4.78 is 16.4. The van der Waals surface area contributed by atoms with Crippen molar-refractivity contribution in [1.82, 2.24) is 14.9 Å². The average Bonchev–Trinajstić information content (AvgIpc) is 2.79. The maximum atomic E-state index is 5.48. The molecule has 0 saturated carbocycles. The predicted octanol–water partition coefficient (Wildman–Crippen LogP) is 3.13. The third-order valence-corrected chi connectivity index (χ3v) is 5.06. The highest BCUT2D eigenvalue weighted by molar-refractivity contribution is 5.93. The first-order chi connectivity index (χ1) is 14.8. The third kappa shape index (κ3) is 4.72. The van der Waals surface area contributed by atoms with Crippen LogP contribution in [0.2, 0.25) is 0 Å². The molecule has 0 atom stereocenters. The number of nitrogens with zero attached hydrogens (tertiary/aromatic N) is 3. The molecule has 4 rings (SSSR count). The summed E-state index contributed by atoms with van der Waals surface area (Å²) in [6, 6.07) is 13.7. The minimum atomic E-state index is 0.523. The van der Waals surface area contributed by atoms with Gasteiger partial charge in [0.1, 0.15) is 5.82 Å². The molecule has 8 heteroatoms. The number of para-hydroxylation sites is 1. The minimum Gasteiger partial charge on any atom is -0.493 e. The molecule has 0 spiro atoms. The second-order valence-corrected chi connectivity index (χ2v) is 6.99. The Hall–Kier alpha value is -3.10. The first kappa shape index (κ1) is 20.2. The van der Waals surface area contributed by atoms with E-state index in [9.17, 15) is 0 Å². The fourth-order valence-corrected chi connectivity index (χ4v) is 3.45. The molecule has 8 nitrogen and oxygen atoms in total. The molecule has 1 fully saturated rings. The summed E-state index contributed by atoms with van der Waals surface area (Å²) in [5.41, 5.74) is 1.70. The number of hydrogen-bond donors (Lipinski definition) is 2. The fraction of sp³-hybridized carbons (Fsp3) is 0.364. The van der Waals surface area contributed by atoms with Gasteiger partial charge < -0.3 is 24.8 Å². The standard InChI is InChI=1S/C22H27N5O3/c1-28-19-14-17-18(15-20(19)29-2)25-22(24-16-6-4-3-5-7-16)26-21(17)23-8-9-27-10-12-30-13-11-27/h3-7,14-15H,8-13H2,1-2H3,(H2,23,24,25,26). The van der Waals surface area contributed by atoms with E-state index in [2.05, 4.69) is 20.5 Å². The van der Waals surface area contributed by atoms with Gasteiger partial charge in [-0.05, 0) is 18.2 Å². The molecule has 0 radical (unpaired) electrons. The molecule has 30 heavy (non-hydrogen) atoms. The maximum absolute atomic E-state index is 5.48. The number of anilines is 3. The van der Waals surface area contributed by atoms with Gasteiger partial charge in [0.25, 0.3) is 0 Å². The zero-order valence-electron chi connectivity index (χ0n) is 17.4. The van der Waals surface area contributed by atoms with Crippen LogP contribution in [0.15, 0.2) is 42.5 Å². The Labute approximate surface area is 176 Å². The second-order valence-electron chi connectivity index (χ2n) is 6.99. The summed E-state index contributed by atoms with van der Waals surface area (Å²) in [5, 5.41) is 7.64. The van der Waals surface area contributed by atoms with Crippen LogP contribution in [0.5, 0.6) is 11.5 Å². The molecule has 1 saturated heterocycles. The number of benzene rings is 2. The van der Waals surface area contributed by atoms with Crippen molar-refractivity contribution in [3.63, 3.8) is 0 Å². The van der Waals surface area contributed by atoms with Gasteiger partial charge in [-0.25, -0.2) is 4.98 Å². The number of aromatic nitrogens is 2. The van der Waals surface area contributed by atoms with Crippen molar-refractivity contribution < 1.29 is 14.2 Å². The molecule has 1 aliphatic rings. The molecule has 2 aromatic carbocycles. The molecule has 0 aliphatic carbocycles. The number of methoxy groups -OCH3 is 2. The largest absolute Gasteiger partial charge is 0.493 e. The van der Waals surface area contributed by atoms with Gasteiger partial charge in [0.05, 0.1) is 33.0 Å². The highest BCUT2D eigenvalue weighted by Crippen LogP contribution is 2.34. The molecule has 3 aromatic rings. The van der Waals surface area contributed by atoms with E-state index in [4.69, 9.17) is 19.2 Å². The first-order valence-electron chi connectivity index (χ1n) is 10.1. The van der Waals surface area contributed by atoms with Crippen LogP contribution < -0.4 is 20.1 Å². The van der Waals surface area contributed by atoms with E-state index in [0.717, 1.165) is 61.8 Å². The summed E-state index contributed by atoms with van der Waals surface area (Å²) in [4.78, 5) is 11.8. The summed E-state index contributed by atoms with van der Waals surface area (Å²) >= 11 is 0. The van der Waals surface area contributed by atoms with Crippen molar-refractivity contribution in [1.29, 1.82) is 0 Å². The number of morpholine rings is 1. The van der Waals surface area contributed by atoms with Crippen molar-refractivity contribution in [3.05, 3.63) is 42.5 Å². The Bertz CT molecular complexity index is 977. The number of hydrogen-bond acceptors (Lipinski definition) is 8. The van der Waals surface area contributed by atoms with Gasteiger partial charge in [0.15, 0.2) is 11.5 Å². The monoisotopic (exact) mass is 409 g/mol. The van der Waals surface area contributed by atoms with Gasteiger partial charge >= 0.3 is 0 Å². The number of nitrogens with one attached hydrogen (secondary N) is 2. The summed E-state index contributed by atoms with van der Waals surface area (Å²) in [6.07, 6.45) is 0. The SMILES string of the molecule is COc1cc2nc(Nc3ccccc3)nc(NCCN3CCOCC3)c2cc1OC. The second kappa shape index (κ2) is 9.60. The Balaban J connectivity index is 1.63. The quantitative estimate of drug-likeness (QED) is 0.587. The molecule has 158 valence electrons. The van der Waals surface area contributed by atoms with Crippen LogP contribution in [0.4, 0.5) is 17.5 Å². The Morgan fingerprint density at radius 3 is 2.47 bits per heavy atom. The lowest BCUT2D eigenvalue weighted by Crippen LogP contribution is -2.39. The lowest BCUT2D eigenvalue weighted by atomic mass is 10.2. The number of ether oxygens (including phenoxy) is 3. The minimum absolute atomic E-state index is 0.523. The van der Waals surface area contributed by atoms with Gasteiger partial charge in [-0.1, -0.05) is 18.2 Å². The highest BCUT2D eigenvalue weighted by atomic mass is 16.5. The number of fused-ring (bicyclic) bond motifs is 1. The molecule has 0 bridgehead atoms. The van der Waals surface area contributed by atoms with Crippen LogP contribution in [-0.4, -0.2) is 68.5 Å². The van der Waals surface area contributed by atoms with Crippen molar-refractivity contribution >= 4 is 28.4 Å². The topological polar surface area (TPSA) is 80.8 Å². The van der Waals surface area contributed by atoms with E-state index in [1.807, 2.05) is 42.5 Å². The average molecular weight is 409 g/mol. The van der Waals surface area contributed by atoms with Crippen LogP contribution in [0.3, 0.4) is 0 Å². The van der Waals surface area contributed by atoms with Crippen molar-refractivity contribution in [3.8, 4) is 11.5 Å². The predicted molar refractivity (Wildman–Crippen MR) is 118 cm³/mol.